The van der Waals surface area contributed by atoms with E-state index in [-0.39, 0.29) is 11.3 Å². The summed E-state index contributed by atoms with van der Waals surface area (Å²) in [5, 5.41) is 10.1. The van der Waals surface area contributed by atoms with Gasteiger partial charge >= 0.3 is 0 Å². The molecule has 1 aromatic carbocycles. The van der Waals surface area contributed by atoms with E-state index in [1.807, 2.05) is 0 Å². The smallest absolute Gasteiger partial charge is 0.170 e. The van der Waals surface area contributed by atoms with Crippen LogP contribution in [0.25, 0.3) is 0 Å². The summed E-state index contributed by atoms with van der Waals surface area (Å²) < 4.78 is 18.8. The summed E-state index contributed by atoms with van der Waals surface area (Å²) in [6, 6.07) is 8.33. The van der Waals surface area contributed by atoms with Crippen LogP contribution < -0.4 is 4.74 Å². The molecule has 18 heavy (non-hydrogen) atoms. The van der Waals surface area contributed by atoms with Gasteiger partial charge in [-0.1, -0.05) is 12.1 Å². The number of ether oxygens (including phenoxy) is 1. The Morgan fingerprint density at radius 1 is 1.28 bits per heavy atom. The molecule has 1 atom stereocenters. The van der Waals surface area contributed by atoms with Crippen molar-refractivity contribution < 1.29 is 14.2 Å². The lowest BCUT2D eigenvalue weighted by molar-refractivity contribution is 0.172. The van der Waals surface area contributed by atoms with E-state index in [0.29, 0.717) is 6.42 Å². The van der Waals surface area contributed by atoms with Gasteiger partial charge in [-0.15, -0.1) is 0 Å². The largest absolute Gasteiger partial charge is 0.494 e. The zero-order valence-electron chi connectivity index (χ0n) is 10.0. The van der Waals surface area contributed by atoms with Crippen LogP contribution in [0.4, 0.5) is 4.39 Å². The molecular weight excluding hydrogens is 233 g/mol. The third-order valence-corrected chi connectivity index (χ3v) is 2.75. The summed E-state index contributed by atoms with van der Waals surface area (Å²) in [7, 11) is 1.40. The van der Waals surface area contributed by atoms with Gasteiger partial charge in [-0.3, -0.25) is 4.98 Å². The molecule has 0 amide bonds. The number of benzene rings is 1. The molecule has 4 heteroatoms. The van der Waals surface area contributed by atoms with Crippen LogP contribution >= 0.6 is 0 Å². The standard InChI is InChI=1S/C14H14FNO2/c1-18-13-4-2-3-11(14(13)15)12(17)9-10-5-7-16-8-6-10/h2-8,12,17H,9H2,1H3. The predicted octanol–water partition coefficient (Wildman–Crippen LogP) is 2.51. The third kappa shape index (κ3) is 2.65. The van der Waals surface area contributed by atoms with Crippen molar-refractivity contribution in [2.75, 3.05) is 7.11 Å². The normalized spacial score (nSPS) is 12.2. The second-order valence-corrected chi connectivity index (χ2v) is 3.94. The minimum Gasteiger partial charge on any atom is -0.494 e. The zero-order valence-corrected chi connectivity index (χ0v) is 10.0. The Balaban J connectivity index is 2.21. The van der Waals surface area contributed by atoms with Crippen molar-refractivity contribution in [2.45, 2.75) is 12.5 Å². The number of nitrogens with zero attached hydrogens (tertiary/aromatic N) is 1. The van der Waals surface area contributed by atoms with Crippen molar-refractivity contribution in [1.29, 1.82) is 0 Å². The van der Waals surface area contributed by atoms with Crippen molar-refractivity contribution in [3.8, 4) is 5.75 Å². The van der Waals surface area contributed by atoms with Crippen molar-refractivity contribution in [3.05, 3.63) is 59.7 Å². The van der Waals surface area contributed by atoms with Gasteiger partial charge in [-0.05, 0) is 23.8 Å². The van der Waals surface area contributed by atoms with E-state index in [4.69, 9.17) is 4.74 Å². The molecule has 2 aromatic rings. The van der Waals surface area contributed by atoms with Gasteiger partial charge in [-0.25, -0.2) is 4.39 Å². The maximum Gasteiger partial charge on any atom is 0.170 e. The first kappa shape index (κ1) is 12.5. The van der Waals surface area contributed by atoms with E-state index < -0.39 is 11.9 Å². The fourth-order valence-corrected chi connectivity index (χ4v) is 1.79. The number of rotatable bonds is 4. The van der Waals surface area contributed by atoms with Crippen molar-refractivity contribution >= 4 is 0 Å². The highest BCUT2D eigenvalue weighted by molar-refractivity contribution is 5.33. The highest BCUT2D eigenvalue weighted by Gasteiger charge is 2.16. The number of aliphatic hydroxyl groups is 1. The molecule has 1 heterocycles. The summed E-state index contributed by atoms with van der Waals surface area (Å²) in [5.74, 6) is -0.372. The summed E-state index contributed by atoms with van der Waals surface area (Å²) in [6.07, 6.45) is 2.73. The Morgan fingerprint density at radius 3 is 2.67 bits per heavy atom. The van der Waals surface area contributed by atoms with Crippen LogP contribution in [0.1, 0.15) is 17.2 Å². The fourth-order valence-electron chi connectivity index (χ4n) is 1.79. The van der Waals surface area contributed by atoms with Crippen molar-refractivity contribution in [3.63, 3.8) is 0 Å². The van der Waals surface area contributed by atoms with Crippen molar-refractivity contribution in [1.82, 2.24) is 4.98 Å². The molecule has 0 aliphatic heterocycles. The number of aromatic nitrogens is 1. The van der Waals surface area contributed by atoms with Crippen LogP contribution in [0.2, 0.25) is 0 Å². The molecule has 2 rings (SSSR count). The van der Waals surface area contributed by atoms with Crippen LogP contribution in [0.5, 0.6) is 5.75 Å². The maximum absolute atomic E-state index is 13.9. The topological polar surface area (TPSA) is 42.4 Å². The molecule has 3 nitrogen and oxygen atoms in total. The quantitative estimate of drug-likeness (QED) is 0.902. The minimum absolute atomic E-state index is 0.140. The molecule has 0 saturated carbocycles. The summed E-state index contributed by atoms with van der Waals surface area (Å²) in [4.78, 5) is 3.89. The highest BCUT2D eigenvalue weighted by atomic mass is 19.1. The zero-order chi connectivity index (χ0) is 13.0. The second-order valence-electron chi connectivity index (χ2n) is 3.94. The van der Waals surface area contributed by atoms with E-state index in [9.17, 15) is 9.50 Å². The summed E-state index contributed by atoms with van der Waals surface area (Å²) in [6.45, 7) is 0. The van der Waals surface area contributed by atoms with Crippen LogP contribution in [0.15, 0.2) is 42.7 Å². The van der Waals surface area contributed by atoms with Crippen molar-refractivity contribution in [2.24, 2.45) is 0 Å². The Bertz CT molecular complexity index is 516. The molecule has 0 saturated heterocycles. The lowest BCUT2D eigenvalue weighted by Gasteiger charge is -2.13. The molecule has 1 unspecified atom stereocenters. The Hall–Kier alpha value is -1.94. The first-order valence-corrected chi connectivity index (χ1v) is 5.61. The van der Waals surface area contributed by atoms with Crippen LogP contribution in [0.3, 0.4) is 0 Å². The Labute approximate surface area is 105 Å². The number of hydrogen-bond donors (Lipinski definition) is 1. The molecule has 0 radical (unpaired) electrons. The molecular formula is C14H14FNO2. The summed E-state index contributed by atoms with van der Waals surface area (Å²) in [5.41, 5.74) is 1.14. The van der Waals surface area contributed by atoms with Gasteiger partial charge in [0.05, 0.1) is 13.2 Å². The van der Waals surface area contributed by atoms with Gasteiger partial charge in [0, 0.05) is 24.4 Å². The van der Waals surface area contributed by atoms with Crippen LogP contribution in [-0.2, 0) is 6.42 Å². The van der Waals surface area contributed by atoms with E-state index in [1.165, 1.54) is 13.2 Å². The van der Waals surface area contributed by atoms with Crippen LogP contribution in [-0.4, -0.2) is 17.2 Å². The van der Waals surface area contributed by atoms with E-state index >= 15 is 0 Å². The number of methoxy groups -OCH3 is 1. The Kier molecular flexibility index (Phi) is 3.89. The van der Waals surface area contributed by atoms with Gasteiger partial charge in [-0.2, -0.15) is 0 Å². The average Bonchev–Trinajstić information content (AvgIpc) is 2.40. The number of hydrogen-bond acceptors (Lipinski definition) is 3. The first-order valence-electron chi connectivity index (χ1n) is 5.61. The first-order chi connectivity index (χ1) is 8.72. The van der Waals surface area contributed by atoms with Gasteiger partial charge in [0.2, 0.25) is 0 Å². The third-order valence-electron chi connectivity index (χ3n) is 2.75. The average molecular weight is 247 g/mol. The molecule has 1 N–H and O–H groups in total. The predicted molar refractivity (Wildman–Crippen MR) is 65.9 cm³/mol. The van der Waals surface area contributed by atoms with E-state index in [0.717, 1.165) is 5.56 Å². The summed E-state index contributed by atoms with van der Waals surface area (Å²) >= 11 is 0. The van der Waals surface area contributed by atoms with Crippen LogP contribution in [0, 0.1) is 5.82 Å². The lowest BCUT2D eigenvalue weighted by Crippen LogP contribution is -2.05. The number of aliphatic hydroxyl groups excluding tert-OH is 1. The molecule has 94 valence electrons. The van der Waals surface area contributed by atoms with Gasteiger partial charge in [0.1, 0.15) is 0 Å². The number of halogens is 1. The van der Waals surface area contributed by atoms with Gasteiger partial charge in [0.25, 0.3) is 0 Å². The fraction of sp³-hybridized carbons (Fsp3) is 0.214. The molecule has 0 aliphatic carbocycles. The highest BCUT2D eigenvalue weighted by Crippen LogP contribution is 2.26. The van der Waals surface area contributed by atoms with Gasteiger partial charge in [0.15, 0.2) is 11.6 Å². The maximum atomic E-state index is 13.9. The Morgan fingerprint density at radius 2 is 2.00 bits per heavy atom. The minimum atomic E-state index is -0.900. The lowest BCUT2D eigenvalue weighted by atomic mass is 10.0. The molecule has 0 fully saturated rings. The molecule has 0 bridgehead atoms. The van der Waals surface area contributed by atoms with E-state index in [1.54, 1.807) is 36.7 Å². The monoisotopic (exact) mass is 247 g/mol. The second kappa shape index (κ2) is 5.60. The molecule has 0 aliphatic rings. The number of pyridine rings is 1. The SMILES string of the molecule is COc1cccc(C(O)Cc2ccncc2)c1F. The molecule has 1 aromatic heterocycles. The van der Waals surface area contributed by atoms with Gasteiger partial charge < -0.3 is 9.84 Å². The molecule has 0 spiro atoms. The van der Waals surface area contributed by atoms with E-state index in [2.05, 4.69) is 4.98 Å².